The number of carbonyl (C=O) groups is 1. The first-order valence-electron chi connectivity index (χ1n) is 6.50. The topological polar surface area (TPSA) is 40.5 Å². The normalized spacial score (nSPS) is 24.7. The van der Waals surface area contributed by atoms with Gasteiger partial charge in [0.1, 0.15) is 0 Å². The fraction of sp³-hybridized carbons (Fsp3) is 0.533. The fourth-order valence-corrected chi connectivity index (χ4v) is 2.72. The molecule has 0 aliphatic carbocycles. The highest BCUT2D eigenvalue weighted by atomic mass is 16.4. The molecule has 1 saturated heterocycles. The molecule has 0 unspecified atom stereocenters. The van der Waals surface area contributed by atoms with Gasteiger partial charge in [-0.25, -0.2) is 0 Å². The second-order valence-corrected chi connectivity index (χ2v) is 5.59. The van der Waals surface area contributed by atoms with Gasteiger partial charge in [-0.15, -0.1) is 0 Å². The third-order valence-electron chi connectivity index (χ3n) is 3.85. The number of aliphatic carboxylic acids is 1. The lowest BCUT2D eigenvalue weighted by Gasteiger charge is -2.16. The predicted octanol–water partition coefficient (Wildman–Crippen LogP) is 2.54. The van der Waals surface area contributed by atoms with E-state index in [0.717, 1.165) is 12.1 Å². The van der Waals surface area contributed by atoms with Gasteiger partial charge in [0.05, 0.1) is 5.92 Å². The van der Waals surface area contributed by atoms with Crippen LogP contribution in [0, 0.1) is 5.92 Å². The third-order valence-corrected chi connectivity index (χ3v) is 3.85. The van der Waals surface area contributed by atoms with Crippen molar-refractivity contribution in [3.63, 3.8) is 0 Å². The molecule has 1 aromatic rings. The van der Waals surface area contributed by atoms with Crippen LogP contribution in [0.25, 0.3) is 0 Å². The zero-order valence-electron chi connectivity index (χ0n) is 11.3. The molecule has 1 heterocycles. The SMILES string of the molecule is CC(C)c1ccc([C@@H]2CN(C)C[C@@H]2C(=O)O)cc1. The minimum atomic E-state index is -0.683. The van der Waals surface area contributed by atoms with Gasteiger partial charge < -0.3 is 10.0 Å². The Labute approximate surface area is 108 Å². The maximum atomic E-state index is 11.3. The molecule has 0 spiro atoms. The number of hydrogen-bond donors (Lipinski definition) is 1. The van der Waals surface area contributed by atoms with Crippen molar-refractivity contribution < 1.29 is 9.90 Å². The second-order valence-electron chi connectivity index (χ2n) is 5.59. The maximum absolute atomic E-state index is 11.3. The monoisotopic (exact) mass is 247 g/mol. The smallest absolute Gasteiger partial charge is 0.308 e. The van der Waals surface area contributed by atoms with Gasteiger partial charge in [0.25, 0.3) is 0 Å². The van der Waals surface area contributed by atoms with E-state index in [2.05, 4.69) is 43.0 Å². The third kappa shape index (κ3) is 2.56. The summed E-state index contributed by atoms with van der Waals surface area (Å²) in [6.07, 6.45) is 0. The van der Waals surface area contributed by atoms with Crippen molar-refractivity contribution in [1.29, 1.82) is 0 Å². The van der Waals surface area contributed by atoms with E-state index in [9.17, 15) is 9.90 Å². The molecular weight excluding hydrogens is 226 g/mol. The van der Waals surface area contributed by atoms with Gasteiger partial charge in [0, 0.05) is 19.0 Å². The number of hydrogen-bond acceptors (Lipinski definition) is 2. The molecule has 0 bridgehead atoms. The molecular formula is C15H21NO2. The van der Waals surface area contributed by atoms with Crippen molar-refractivity contribution in [2.24, 2.45) is 5.92 Å². The standard InChI is InChI=1S/C15H21NO2/c1-10(2)11-4-6-12(7-5-11)13-8-16(3)9-14(13)15(17)18/h4-7,10,13-14H,8-9H2,1-3H3,(H,17,18)/t13-,14-/m0/s1. The van der Waals surface area contributed by atoms with Crippen LogP contribution in [0.1, 0.15) is 36.8 Å². The Balaban J connectivity index is 2.22. The van der Waals surface area contributed by atoms with Crippen molar-refractivity contribution in [1.82, 2.24) is 4.90 Å². The summed E-state index contributed by atoms with van der Waals surface area (Å²) in [5.74, 6) is -0.327. The average molecular weight is 247 g/mol. The quantitative estimate of drug-likeness (QED) is 0.892. The van der Waals surface area contributed by atoms with Gasteiger partial charge in [-0.2, -0.15) is 0 Å². The van der Waals surface area contributed by atoms with Crippen LogP contribution in [-0.2, 0) is 4.79 Å². The fourth-order valence-electron chi connectivity index (χ4n) is 2.72. The summed E-state index contributed by atoms with van der Waals surface area (Å²) in [5.41, 5.74) is 2.45. The maximum Gasteiger partial charge on any atom is 0.308 e. The van der Waals surface area contributed by atoms with Crippen molar-refractivity contribution >= 4 is 5.97 Å². The van der Waals surface area contributed by atoms with Crippen molar-refractivity contribution in [3.05, 3.63) is 35.4 Å². The van der Waals surface area contributed by atoms with Gasteiger partial charge in [-0.1, -0.05) is 38.1 Å². The van der Waals surface area contributed by atoms with E-state index in [1.165, 1.54) is 5.56 Å². The van der Waals surface area contributed by atoms with Crippen LogP contribution < -0.4 is 0 Å². The molecule has 98 valence electrons. The van der Waals surface area contributed by atoms with E-state index in [1.54, 1.807) is 0 Å². The summed E-state index contributed by atoms with van der Waals surface area (Å²) in [7, 11) is 1.98. The summed E-state index contributed by atoms with van der Waals surface area (Å²) in [4.78, 5) is 13.4. The predicted molar refractivity (Wildman–Crippen MR) is 71.9 cm³/mol. The minimum Gasteiger partial charge on any atom is -0.481 e. The van der Waals surface area contributed by atoms with E-state index < -0.39 is 5.97 Å². The Morgan fingerprint density at radius 3 is 2.39 bits per heavy atom. The summed E-state index contributed by atoms with van der Waals surface area (Å²) in [5, 5.41) is 9.28. The van der Waals surface area contributed by atoms with Crippen molar-refractivity contribution in [2.45, 2.75) is 25.7 Å². The molecule has 18 heavy (non-hydrogen) atoms. The molecule has 0 saturated carbocycles. The van der Waals surface area contributed by atoms with E-state index >= 15 is 0 Å². The van der Waals surface area contributed by atoms with E-state index in [0.29, 0.717) is 12.5 Å². The van der Waals surface area contributed by atoms with Crippen LogP contribution in [0.15, 0.2) is 24.3 Å². The van der Waals surface area contributed by atoms with E-state index in [4.69, 9.17) is 0 Å². The lowest BCUT2D eigenvalue weighted by atomic mass is 9.88. The number of nitrogens with zero attached hydrogens (tertiary/aromatic N) is 1. The second kappa shape index (κ2) is 5.11. The molecule has 1 aromatic carbocycles. The van der Waals surface area contributed by atoms with E-state index in [1.807, 2.05) is 7.05 Å². The van der Waals surface area contributed by atoms with Crippen molar-refractivity contribution in [2.75, 3.05) is 20.1 Å². The molecule has 0 aromatic heterocycles. The minimum absolute atomic E-state index is 0.119. The Morgan fingerprint density at radius 2 is 1.89 bits per heavy atom. The van der Waals surface area contributed by atoms with Crippen LogP contribution in [0.2, 0.25) is 0 Å². The van der Waals surface area contributed by atoms with Gasteiger partial charge in [0.2, 0.25) is 0 Å². The first kappa shape index (κ1) is 13.1. The highest BCUT2D eigenvalue weighted by Gasteiger charge is 2.36. The number of benzene rings is 1. The first-order valence-corrected chi connectivity index (χ1v) is 6.50. The van der Waals surface area contributed by atoms with Crippen molar-refractivity contribution in [3.8, 4) is 0 Å². The van der Waals surface area contributed by atoms with E-state index in [-0.39, 0.29) is 11.8 Å². The highest BCUT2D eigenvalue weighted by Crippen LogP contribution is 2.32. The lowest BCUT2D eigenvalue weighted by Crippen LogP contribution is -2.21. The number of carboxylic acids is 1. The van der Waals surface area contributed by atoms with Crippen LogP contribution in [0.5, 0.6) is 0 Å². The Kier molecular flexibility index (Phi) is 3.71. The van der Waals surface area contributed by atoms with Crippen LogP contribution in [-0.4, -0.2) is 36.1 Å². The van der Waals surface area contributed by atoms with Gasteiger partial charge in [0.15, 0.2) is 0 Å². The van der Waals surface area contributed by atoms with Crippen LogP contribution in [0.4, 0.5) is 0 Å². The molecule has 1 aliphatic heterocycles. The molecule has 1 aliphatic rings. The molecule has 0 amide bonds. The molecule has 0 radical (unpaired) electrons. The van der Waals surface area contributed by atoms with Crippen LogP contribution >= 0.6 is 0 Å². The van der Waals surface area contributed by atoms with Gasteiger partial charge >= 0.3 is 5.97 Å². The largest absolute Gasteiger partial charge is 0.481 e. The lowest BCUT2D eigenvalue weighted by molar-refractivity contribution is -0.141. The molecule has 3 nitrogen and oxygen atoms in total. The summed E-state index contributed by atoms with van der Waals surface area (Å²) >= 11 is 0. The number of likely N-dealkylation sites (N-methyl/N-ethyl adjacent to an activating group) is 1. The Bertz CT molecular complexity index is 425. The molecule has 2 rings (SSSR count). The molecule has 3 heteroatoms. The summed E-state index contributed by atoms with van der Waals surface area (Å²) in [6, 6.07) is 8.43. The summed E-state index contributed by atoms with van der Waals surface area (Å²) in [6.45, 7) is 5.81. The Hall–Kier alpha value is -1.35. The zero-order valence-corrected chi connectivity index (χ0v) is 11.3. The number of likely N-dealkylation sites (tertiary alicyclic amines) is 1. The molecule has 1 fully saturated rings. The van der Waals surface area contributed by atoms with Crippen LogP contribution in [0.3, 0.4) is 0 Å². The zero-order chi connectivity index (χ0) is 13.3. The summed E-state index contributed by atoms with van der Waals surface area (Å²) < 4.78 is 0. The molecule has 2 atom stereocenters. The molecule has 1 N–H and O–H groups in total. The van der Waals surface area contributed by atoms with Gasteiger partial charge in [-0.05, 0) is 24.1 Å². The average Bonchev–Trinajstić information content (AvgIpc) is 2.71. The number of carboxylic acid groups (broad SMARTS) is 1. The Morgan fingerprint density at radius 1 is 1.28 bits per heavy atom. The van der Waals surface area contributed by atoms with Gasteiger partial charge in [-0.3, -0.25) is 4.79 Å². The first-order chi connectivity index (χ1) is 8.49. The highest BCUT2D eigenvalue weighted by molar-refractivity contribution is 5.72. The number of rotatable bonds is 3.